The van der Waals surface area contributed by atoms with Gasteiger partial charge in [-0.3, -0.25) is 10.6 Å². The second kappa shape index (κ2) is 15.0. The zero-order chi connectivity index (χ0) is 30.9. The van der Waals surface area contributed by atoms with Crippen LogP contribution in [-0.4, -0.2) is 46.3 Å². The van der Waals surface area contributed by atoms with Crippen LogP contribution in [0.5, 0.6) is 23.0 Å². The maximum atomic E-state index is 12.7. The van der Waals surface area contributed by atoms with E-state index in [1.54, 1.807) is 60.7 Å². The minimum absolute atomic E-state index is 0.0183. The number of alkyl halides is 6. The average molecular weight is 701 g/mol. The number of methoxy groups -OCH3 is 2. The van der Waals surface area contributed by atoms with E-state index >= 15 is 0 Å². The molecule has 226 valence electrons. The van der Waals surface area contributed by atoms with Gasteiger partial charge in [0, 0.05) is 11.4 Å². The van der Waals surface area contributed by atoms with Crippen LogP contribution in [-0.2, 0) is 0 Å². The summed E-state index contributed by atoms with van der Waals surface area (Å²) in [5.74, 6) is 1.16. The van der Waals surface area contributed by atoms with E-state index in [9.17, 15) is 9.59 Å². The minimum atomic E-state index is -2.14. The van der Waals surface area contributed by atoms with E-state index in [0.29, 0.717) is 22.9 Å². The van der Waals surface area contributed by atoms with Gasteiger partial charge < -0.3 is 29.6 Å². The van der Waals surface area contributed by atoms with E-state index in [0.717, 1.165) is 0 Å². The Labute approximate surface area is 271 Å². The fraction of sp³-hybridized carbons (Fsp3) is 0.231. The molecule has 0 aromatic heterocycles. The van der Waals surface area contributed by atoms with Gasteiger partial charge in [0.25, 0.3) is 0 Å². The van der Waals surface area contributed by atoms with Gasteiger partial charge in [-0.1, -0.05) is 81.7 Å². The van der Waals surface area contributed by atoms with Crippen LogP contribution < -0.4 is 40.2 Å². The summed E-state index contributed by atoms with van der Waals surface area (Å²) < 4.78 is 17.5. The van der Waals surface area contributed by atoms with E-state index in [1.165, 1.54) is 26.4 Å². The first kappa shape index (κ1) is 33.6. The van der Waals surface area contributed by atoms with Gasteiger partial charge >= 0.3 is 12.1 Å². The molecule has 0 heterocycles. The quantitative estimate of drug-likeness (QED) is 0.129. The lowest BCUT2D eigenvalue weighted by Crippen LogP contribution is -2.50. The second-order valence-electron chi connectivity index (χ2n) is 8.18. The molecule has 0 aliphatic carbocycles. The third kappa shape index (κ3) is 10.4. The van der Waals surface area contributed by atoms with Gasteiger partial charge in [-0.05, 0) is 60.7 Å². The van der Waals surface area contributed by atoms with E-state index in [2.05, 4.69) is 21.3 Å². The summed E-state index contributed by atoms with van der Waals surface area (Å²) in [5.41, 5.74) is 0.870. The Kier molecular flexibility index (Phi) is 12.0. The van der Waals surface area contributed by atoms with Crippen molar-refractivity contribution in [2.24, 2.45) is 0 Å². The fourth-order valence-electron chi connectivity index (χ4n) is 3.18. The lowest BCUT2D eigenvalue weighted by molar-refractivity contribution is 0.140. The molecule has 0 fully saturated rings. The molecule has 3 aromatic rings. The molecule has 4 amide bonds. The van der Waals surface area contributed by atoms with Crippen molar-refractivity contribution in [2.45, 2.75) is 20.0 Å². The molecule has 0 spiro atoms. The number of hydrogen-bond acceptors (Lipinski definition) is 6. The SMILES string of the molecule is COc1ccc(NC(=O)N[C@H](Oc2ccccc2O[C@H](NC(=O)Nc2ccc(OC)cc2)C(Cl)(Cl)Cl)C(Cl)(Cl)Cl)cc1. The first-order valence-electron chi connectivity index (χ1n) is 11.8. The molecule has 3 aromatic carbocycles. The maximum Gasteiger partial charge on any atom is 0.322 e. The molecule has 0 aliphatic rings. The molecule has 0 radical (unpaired) electrons. The molecule has 0 unspecified atom stereocenters. The smallest absolute Gasteiger partial charge is 0.322 e. The Morgan fingerprint density at radius 2 is 0.929 bits per heavy atom. The van der Waals surface area contributed by atoms with Crippen LogP contribution in [0.15, 0.2) is 72.8 Å². The van der Waals surface area contributed by atoms with Gasteiger partial charge in [-0.15, -0.1) is 0 Å². The largest absolute Gasteiger partial charge is 0.497 e. The highest BCUT2D eigenvalue weighted by Crippen LogP contribution is 2.38. The third-order valence-electron chi connectivity index (χ3n) is 5.15. The van der Waals surface area contributed by atoms with Crippen LogP contribution in [0, 0.1) is 0 Å². The van der Waals surface area contributed by atoms with Crippen molar-refractivity contribution >= 4 is 93.0 Å². The van der Waals surface area contributed by atoms with Crippen LogP contribution in [0.25, 0.3) is 0 Å². The Morgan fingerprint density at radius 3 is 1.21 bits per heavy atom. The van der Waals surface area contributed by atoms with E-state index in [4.69, 9.17) is 88.6 Å². The van der Waals surface area contributed by atoms with Gasteiger partial charge in [0.1, 0.15) is 11.5 Å². The number of carbonyl (C=O) groups is 2. The zero-order valence-corrected chi connectivity index (χ0v) is 26.3. The number of benzene rings is 3. The predicted octanol–water partition coefficient (Wildman–Crippen LogP) is 7.50. The Hall–Kier alpha value is -2.86. The fourth-order valence-corrected chi connectivity index (χ4v) is 3.77. The van der Waals surface area contributed by atoms with Crippen molar-refractivity contribution in [3.8, 4) is 23.0 Å². The lowest BCUT2D eigenvalue weighted by atomic mass is 10.3. The standard InChI is InChI=1S/C26H24Cl6N4O6/c1-39-17-11-7-15(8-12-17)33-23(37)35-21(25(27,28)29)41-19-5-3-4-6-20(19)42-22(26(30,31)32)36-24(38)34-16-9-13-18(40-2)14-10-16/h3-14,21-22H,1-2H3,(H2,33,35,37)(H2,34,36,38)/t21-,22+. The van der Waals surface area contributed by atoms with E-state index in [-0.39, 0.29) is 11.5 Å². The van der Waals surface area contributed by atoms with Crippen molar-refractivity contribution < 1.29 is 28.5 Å². The number of nitrogens with one attached hydrogen (secondary N) is 4. The highest BCUT2D eigenvalue weighted by molar-refractivity contribution is 6.68. The number of urea groups is 2. The summed E-state index contributed by atoms with van der Waals surface area (Å²) >= 11 is 36.6. The van der Waals surface area contributed by atoms with Crippen molar-refractivity contribution in [2.75, 3.05) is 24.9 Å². The number of rotatable bonds is 10. The second-order valence-corrected chi connectivity index (χ2v) is 12.9. The van der Waals surface area contributed by atoms with Crippen molar-refractivity contribution in [3.63, 3.8) is 0 Å². The van der Waals surface area contributed by atoms with Gasteiger partial charge in [0.15, 0.2) is 11.5 Å². The summed E-state index contributed by atoms with van der Waals surface area (Å²) in [4.78, 5) is 25.3. The molecule has 0 saturated carbocycles. The lowest BCUT2D eigenvalue weighted by Gasteiger charge is -2.29. The molecule has 2 atom stereocenters. The zero-order valence-electron chi connectivity index (χ0n) is 21.8. The summed E-state index contributed by atoms with van der Waals surface area (Å²) in [6.07, 6.45) is -3.05. The number of amides is 4. The number of hydrogen-bond donors (Lipinski definition) is 4. The Bertz CT molecular complexity index is 1230. The number of anilines is 2. The first-order chi connectivity index (χ1) is 19.8. The normalized spacial score (nSPS) is 12.8. The summed E-state index contributed by atoms with van der Waals surface area (Å²) in [7, 11) is 3.03. The molecule has 42 heavy (non-hydrogen) atoms. The number of carbonyl (C=O) groups excluding carboxylic acids is 2. The van der Waals surface area contributed by atoms with Crippen LogP contribution in [0.4, 0.5) is 21.0 Å². The topological polar surface area (TPSA) is 119 Å². The third-order valence-corrected chi connectivity index (χ3v) is 6.34. The van der Waals surface area contributed by atoms with Gasteiger partial charge in [0.2, 0.25) is 20.0 Å². The van der Waals surface area contributed by atoms with Crippen molar-refractivity contribution in [1.82, 2.24) is 10.6 Å². The molecule has 0 saturated heterocycles. The van der Waals surface area contributed by atoms with Gasteiger partial charge in [-0.25, -0.2) is 9.59 Å². The number of halogens is 6. The summed E-state index contributed by atoms with van der Waals surface area (Å²) in [6.45, 7) is 0. The highest BCUT2D eigenvalue weighted by atomic mass is 35.6. The first-order valence-corrected chi connectivity index (χ1v) is 14.0. The number of ether oxygens (including phenoxy) is 4. The van der Waals surface area contributed by atoms with Crippen LogP contribution in [0.1, 0.15) is 0 Å². The van der Waals surface area contributed by atoms with E-state index < -0.39 is 32.1 Å². The van der Waals surface area contributed by atoms with Gasteiger partial charge in [-0.2, -0.15) is 0 Å². The predicted molar refractivity (Wildman–Crippen MR) is 166 cm³/mol. The van der Waals surface area contributed by atoms with Crippen LogP contribution >= 0.6 is 69.6 Å². The van der Waals surface area contributed by atoms with Crippen molar-refractivity contribution in [1.29, 1.82) is 0 Å². The molecule has 10 nitrogen and oxygen atoms in total. The Morgan fingerprint density at radius 1 is 0.595 bits per heavy atom. The number of para-hydroxylation sites is 2. The van der Waals surface area contributed by atoms with E-state index in [1.807, 2.05) is 0 Å². The molecule has 4 N–H and O–H groups in total. The Balaban J connectivity index is 1.73. The summed E-state index contributed by atoms with van der Waals surface area (Å²) in [6, 6.07) is 17.6. The van der Waals surface area contributed by atoms with Crippen LogP contribution in [0.2, 0.25) is 0 Å². The molecule has 16 heteroatoms. The van der Waals surface area contributed by atoms with Crippen LogP contribution in [0.3, 0.4) is 0 Å². The maximum absolute atomic E-state index is 12.7. The summed E-state index contributed by atoms with van der Waals surface area (Å²) in [5, 5.41) is 10.1. The molecule has 0 aliphatic heterocycles. The molecular formula is C26H24Cl6N4O6. The molecular weight excluding hydrogens is 677 g/mol. The molecule has 0 bridgehead atoms. The minimum Gasteiger partial charge on any atom is -0.497 e. The van der Waals surface area contributed by atoms with Gasteiger partial charge in [0.05, 0.1) is 14.2 Å². The monoisotopic (exact) mass is 698 g/mol. The van der Waals surface area contributed by atoms with Crippen molar-refractivity contribution in [3.05, 3.63) is 72.8 Å². The highest BCUT2D eigenvalue weighted by Gasteiger charge is 2.39. The molecule has 3 rings (SSSR count). The average Bonchev–Trinajstić information content (AvgIpc) is 2.93.